The zero-order chi connectivity index (χ0) is 10.1. The van der Waals surface area contributed by atoms with E-state index < -0.39 is 0 Å². The third-order valence-electron chi connectivity index (χ3n) is 2.21. The van der Waals surface area contributed by atoms with E-state index in [0.717, 1.165) is 12.8 Å². The highest BCUT2D eigenvalue weighted by molar-refractivity contribution is 5.58. The number of ether oxygens (including phenoxy) is 1. The predicted molar refractivity (Wildman–Crippen MR) is 54.4 cm³/mol. The number of nitrogens with zero attached hydrogens (tertiary/aromatic N) is 1. The Morgan fingerprint density at radius 2 is 2.07 bits per heavy atom. The van der Waals surface area contributed by atoms with Crippen molar-refractivity contribution in [2.24, 2.45) is 0 Å². The molecule has 0 aliphatic heterocycles. The van der Waals surface area contributed by atoms with E-state index in [4.69, 9.17) is 4.74 Å². The monoisotopic (exact) mass is 195 g/mol. The van der Waals surface area contributed by atoms with E-state index in [1.54, 1.807) is 11.0 Å². The molecule has 0 spiro atoms. The lowest BCUT2D eigenvalue weighted by molar-refractivity contribution is 0.302. The van der Waals surface area contributed by atoms with Crippen LogP contribution in [-0.4, -0.2) is 20.2 Å². The Kier molecular flexibility index (Phi) is 2.32. The van der Waals surface area contributed by atoms with E-state index in [2.05, 4.69) is 0 Å². The molecule has 14 heavy (non-hydrogen) atoms. The van der Waals surface area contributed by atoms with Gasteiger partial charge in [0.1, 0.15) is 17.3 Å². The van der Waals surface area contributed by atoms with E-state index in [1.807, 2.05) is 20.2 Å². The molecule has 2 rings (SSSR count). The van der Waals surface area contributed by atoms with E-state index in [1.165, 1.54) is 6.07 Å². The third kappa shape index (κ3) is 1.81. The van der Waals surface area contributed by atoms with Gasteiger partial charge in [0.05, 0.1) is 6.10 Å². The van der Waals surface area contributed by atoms with Gasteiger partial charge in [-0.1, -0.05) is 6.07 Å². The minimum absolute atomic E-state index is 0.229. The minimum Gasteiger partial charge on any atom is -0.488 e. The van der Waals surface area contributed by atoms with Gasteiger partial charge in [-0.15, -0.1) is 0 Å². The molecule has 0 amide bonds. The smallest absolute Gasteiger partial charge is 0.150 e. The van der Waals surface area contributed by atoms with Crippen LogP contribution in [0.1, 0.15) is 12.8 Å². The number of hydrogen-bond donors (Lipinski definition) is 0. The van der Waals surface area contributed by atoms with Crippen molar-refractivity contribution in [3.05, 3.63) is 24.0 Å². The fourth-order valence-corrected chi connectivity index (χ4v) is 1.39. The van der Waals surface area contributed by atoms with Crippen molar-refractivity contribution < 1.29 is 9.13 Å². The zero-order valence-electron chi connectivity index (χ0n) is 8.46. The summed E-state index contributed by atoms with van der Waals surface area (Å²) in [5.41, 5.74) is 0.541. The maximum atomic E-state index is 13.5. The van der Waals surface area contributed by atoms with Crippen molar-refractivity contribution in [2.45, 2.75) is 18.9 Å². The summed E-state index contributed by atoms with van der Waals surface area (Å²) < 4.78 is 19.1. The van der Waals surface area contributed by atoms with Crippen molar-refractivity contribution >= 4 is 5.69 Å². The molecule has 1 aliphatic rings. The van der Waals surface area contributed by atoms with Crippen LogP contribution in [0, 0.1) is 5.82 Å². The van der Waals surface area contributed by atoms with Crippen LogP contribution in [0.4, 0.5) is 10.1 Å². The molecule has 76 valence electrons. The molecule has 0 aromatic heterocycles. The second kappa shape index (κ2) is 3.48. The number of rotatable bonds is 3. The highest BCUT2D eigenvalue weighted by Crippen LogP contribution is 2.34. The molecule has 0 atom stereocenters. The average molecular weight is 195 g/mol. The van der Waals surface area contributed by atoms with Crippen molar-refractivity contribution in [3.8, 4) is 5.75 Å². The molecule has 1 saturated carbocycles. The van der Waals surface area contributed by atoms with Gasteiger partial charge in [0.2, 0.25) is 0 Å². The van der Waals surface area contributed by atoms with Crippen molar-refractivity contribution in [3.63, 3.8) is 0 Å². The number of hydrogen-bond acceptors (Lipinski definition) is 2. The Balaban J connectivity index is 2.30. The van der Waals surface area contributed by atoms with Gasteiger partial charge in [0.15, 0.2) is 0 Å². The lowest BCUT2D eigenvalue weighted by Crippen LogP contribution is -2.13. The summed E-state index contributed by atoms with van der Waals surface area (Å²) in [4.78, 5) is 1.74. The first kappa shape index (κ1) is 9.31. The lowest BCUT2D eigenvalue weighted by atomic mass is 10.2. The van der Waals surface area contributed by atoms with Crippen LogP contribution in [0.5, 0.6) is 5.75 Å². The molecule has 0 N–H and O–H groups in total. The Hall–Kier alpha value is -1.25. The van der Waals surface area contributed by atoms with Gasteiger partial charge < -0.3 is 9.64 Å². The summed E-state index contributed by atoms with van der Waals surface area (Å²) in [6.07, 6.45) is 2.47. The first-order valence-corrected chi connectivity index (χ1v) is 4.81. The number of para-hydroxylation sites is 1. The first-order chi connectivity index (χ1) is 6.68. The van der Waals surface area contributed by atoms with Crippen LogP contribution in [0.3, 0.4) is 0 Å². The fraction of sp³-hybridized carbons (Fsp3) is 0.455. The lowest BCUT2D eigenvalue weighted by Gasteiger charge is -2.18. The molecule has 0 bridgehead atoms. The minimum atomic E-state index is -0.229. The van der Waals surface area contributed by atoms with Crippen LogP contribution in [0.25, 0.3) is 0 Å². The number of halogens is 1. The van der Waals surface area contributed by atoms with Gasteiger partial charge >= 0.3 is 0 Å². The first-order valence-electron chi connectivity index (χ1n) is 4.81. The SMILES string of the molecule is CN(C)c1c(F)cccc1OC1CC1. The van der Waals surface area contributed by atoms with E-state index in [0.29, 0.717) is 17.5 Å². The summed E-state index contributed by atoms with van der Waals surface area (Å²) in [7, 11) is 3.64. The summed E-state index contributed by atoms with van der Waals surface area (Å²) in [6, 6.07) is 4.95. The average Bonchev–Trinajstić information content (AvgIpc) is 2.87. The van der Waals surface area contributed by atoms with E-state index >= 15 is 0 Å². The van der Waals surface area contributed by atoms with Gasteiger partial charge in [-0.25, -0.2) is 4.39 Å². The molecule has 1 aromatic rings. The second-order valence-corrected chi connectivity index (χ2v) is 3.80. The van der Waals surface area contributed by atoms with Crippen molar-refractivity contribution in [2.75, 3.05) is 19.0 Å². The van der Waals surface area contributed by atoms with Gasteiger partial charge in [0.25, 0.3) is 0 Å². The number of anilines is 1. The Bertz CT molecular complexity index is 334. The summed E-state index contributed by atoms with van der Waals surface area (Å²) in [6.45, 7) is 0. The largest absolute Gasteiger partial charge is 0.488 e. The summed E-state index contributed by atoms with van der Waals surface area (Å²) >= 11 is 0. The standard InChI is InChI=1S/C11H14FNO/c1-13(2)11-9(12)4-3-5-10(11)14-8-6-7-8/h3-5,8H,6-7H2,1-2H3. The Morgan fingerprint density at radius 1 is 1.36 bits per heavy atom. The summed E-state index contributed by atoms with van der Waals surface area (Å²) in [5, 5.41) is 0. The fourth-order valence-electron chi connectivity index (χ4n) is 1.39. The Labute approximate surface area is 83.3 Å². The Morgan fingerprint density at radius 3 is 2.64 bits per heavy atom. The van der Waals surface area contributed by atoms with Crippen LogP contribution in [0.15, 0.2) is 18.2 Å². The maximum Gasteiger partial charge on any atom is 0.150 e. The molecule has 0 radical (unpaired) electrons. The van der Waals surface area contributed by atoms with Gasteiger partial charge in [-0.3, -0.25) is 0 Å². The molecular weight excluding hydrogens is 181 g/mol. The van der Waals surface area contributed by atoms with Crippen molar-refractivity contribution in [1.82, 2.24) is 0 Å². The molecule has 0 unspecified atom stereocenters. The predicted octanol–water partition coefficient (Wildman–Crippen LogP) is 2.43. The second-order valence-electron chi connectivity index (χ2n) is 3.80. The number of benzene rings is 1. The topological polar surface area (TPSA) is 12.5 Å². The molecular formula is C11H14FNO. The van der Waals surface area contributed by atoms with E-state index in [9.17, 15) is 4.39 Å². The van der Waals surface area contributed by atoms with Gasteiger partial charge in [0, 0.05) is 14.1 Å². The molecule has 2 nitrogen and oxygen atoms in total. The summed E-state index contributed by atoms with van der Waals surface area (Å²) in [5.74, 6) is 0.422. The van der Waals surface area contributed by atoms with Crippen LogP contribution in [-0.2, 0) is 0 Å². The van der Waals surface area contributed by atoms with Crippen LogP contribution >= 0.6 is 0 Å². The molecule has 1 fully saturated rings. The van der Waals surface area contributed by atoms with E-state index in [-0.39, 0.29) is 5.82 Å². The van der Waals surface area contributed by atoms with Gasteiger partial charge in [-0.2, -0.15) is 0 Å². The zero-order valence-corrected chi connectivity index (χ0v) is 8.46. The maximum absolute atomic E-state index is 13.5. The molecule has 1 aromatic carbocycles. The molecule has 0 heterocycles. The van der Waals surface area contributed by atoms with Crippen LogP contribution in [0.2, 0.25) is 0 Å². The molecule has 0 saturated heterocycles. The third-order valence-corrected chi connectivity index (χ3v) is 2.21. The van der Waals surface area contributed by atoms with Gasteiger partial charge in [-0.05, 0) is 25.0 Å². The highest BCUT2D eigenvalue weighted by atomic mass is 19.1. The van der Waals surface area contributed by atoms with Crippen LogP contribution < -0.4 is 9.64 Å². The normalized spacial score (nSPS) is 15.4. The highest BCUT2D eigenvalue weighted by Gasteiger charge is 2.25. The van der Waals surface area contributed by atoms with Crippen molar-refractivity contribution in [1.29, 1.82) is 0 Å². The molecule has 1 aliphatic carbocycles. The molecule has 3 heteroatoms. The quantitative estimate of drug-likeness (QED) is 0.734.